The van der Waals surface area contributed by atoms with Crippen LogP contribution in [0.25, 0.3) is 0 Å². The molecule has 0 saturated carbocycles. The van der Waals surface area contributed by atoms with Crippen LogP contribution in [-0.4, -0.2) is 53.2 Å². The molecule has 2 aliphatic rings. The second kappa shape index (κ2) is 7.68. The molecule has 8 N–H and O–H groups in total. The van der Waals surface area contributed by atoms with E-state index >= 15 is 0 Å². The first-order valence-corrected chi connectivity index (χ1v) is 10.1. The summed E-state index contributed by atoms with van der Waals surface area (Å²) in [5.41, 5.74) is 0.936. The van der Waals surface area contributed by atoms with Crippen molar-refractivity contribution in [3.63, 3.8) is 0 Å². The van der Waals surface area contributed by atoms with Gasteiger partial charge in [0.25, 0.3) is 0 Å². The number of rotatable bonds is 4. The molecule has 4 atom stereocenters. The maximum atomic E-state index is 10.3. The van der Waals surface area contributed by atoms with Crippen LogP contribution in [0.3, 0.4) is 0 Å². The fraction of sp³-hybridized carbons (Fsp3) is 0.217. The van der Waals surface area contributed by atoms with Crippen molar-refractivity contribution in [3.8, 4) is 51.7 Å². The van der Waals surface area contributed by atoms with Gasteiger partial charge in [-0.1, -0.05) is 0 Å². The Hall–Kier alpha value is -4.22. The maximum absolute atomic E-state index is 10.3. The molecule has 1 saturated heterocycles. The summed E-state index contributed by atoms with van der Waals surface area (Å²) in [6.45, 7) is 0. The molecule has 11 heteroatoms. The van der Waals surface area contributed by atoms with Gasteiger partial charge in [-0.15, -0.1) is 0 Å². The van der Waals surface area contributed by atoms with E-state index in [0.29, 0.717) is 11.1 Å². The summed E-state index contributed by atoms with van der Waals surface area (Å²) in [5.74, 6) is -3.89. The normalized spacial score (nSPS) is 23.2. The van der Waals surface area contributed by atoms with Crippen molar-refractivity contribution in [1.29, 1.82) is 0 Å². The number of epoxide rings is 1. The fourth-order valence-corrected chi connectivity index (χ4v) is 4.04. The second-order valence-corrected chi connectivity index (χ2v) is 8.10. The van der Waals surface area contributed by atoms with Crippen molar-refractivity contribution in [2.75, 3.05) is 0 Å². The molecule has 0 spiro atoms. The van der Waals surface area contributed by atoms with Gasteiger partial charge >= 0.3 is 0 Å². The highest BCUT2D eigenvalue weighted by Gasteiger charge is 2.47. The van der Waals surface area contributed by atoms with Gasteiger partial charge in [-0.05, 0) is 29.8 Å². The number of benzene rings is 3. The molecule has 11 nitrogen and oxygen atoms in total. The van der Waals surface area contributed by atoms with Crippen LogP contribution in [0.15, 0.2) is 36.4 Å². The van der Waals surface area contributed by atoms with Crippen LogP contribution in [0.4, 0.5) is 0 Å². The van der Waals surface area contributed by atoms with Crippen molar-refractivity contribution in [2.24, 2.45) is 0 Å². The third-order valence-corrected chi connectivity index (χ3v) is 5.77. The Morgan fingerprint density at radius 1 is 0.647 bits per heavy atom. The molecular weight excluding hydrogens is 452 g/mol. The van der Waals surface area contributed by atoms with E-state index in [1.807, 2.05) is 0 Å². The molecule has 2 aliphatic heterocycles. The minimum absolute atomic E-state index is 0.0904. The van der Waals surface area contributed by atoms with Crippen LogP contribution in [-0.2, 0) is 15.9 Å². The summed E-state index contributed by atoms with van der Waals surface area (Å²) in [6.07, 6.45) is -3.24. The van der Waals surface area contributed by atoms with Crippen molar-refractivity contribution >= 4 is 0 Å². The molecule has 3 aromatic rings. The van der Waals surface area contributed by atoms with Crippen LogP contribution < -0.4 is 4.74 Å². The Labute approximate surface area is 191 Å². The zero-order chi connectivity index (χ0) is 24.3. The number of hydrogen-bond acceptors (Lipinski definition) is 11. The SMILES string of the molecule is Oc1cc(O)c2c(c1)OC(c1cc(O)c(O)c(O)c1)[C@H](OC1OC1c1cc(O)c(O)c(O)c1)C2. The summed E-state index contributed by atoms with van der Waals surface area (Å²) < 4.78 is 17.5. The Balaban J connectivity index is 1.46. The van der Waals surface area contributed by atoms with E-state index in [2.05, 4.69) is 0 Å². The molecule has 178 valence electrons. The predicted octanol–water partition coefficient (Wildman–Crippen LogP) is 2.49. The van der Waals surface area contributed by atoms with Gasteiger partial charge in [-0.2, -0.15) is 0 Å². The lowest BCUT2D eigenvalue weighted by Gasteiger charge is -2.34. The fourth-order valence-electron chi connectivity index (χ4n) is 4.04. The van der Waals surface area contributed by atoms with Gasteiger partial charge in [-0.3, -0.25) is 0 Å². The quantitative estimate of drug-likeness (QED) is 0.205. The Morgan fingerprint density at radius 2 is 1.18 bits per heavy atom. The number of fused-ring (bicyclic) bond motifs is 1. The number of phenols is 8. The summed E-state index contributed by atoms with van der Waals surface area (Å²) in [4.78, 5) is 0. The molecule has 0 bridgehead atoms. The molecule has 2 heterocycles. The predicted molar refractivity (Wildman–Crippen MR) is 112 cm³/mol. The summed E-state index contributed by atoms with van der Waals surface area (Å²) >= 11 is 0. The zero-order valence-electron chi connectivity index (χ0n) is 17.3. The average molecular weight is 472 g/mol. The van der Waals surface area contributed by atoms with Crippen LogP contribution in [0, 0.1) is 0 Å². The highest BCUT2D eigenvalue weighted by Crippen LogP contribution is 2.50. The van der Waals surface area contributed by atoms with Crippen LogP contribution in [0.1, 0.15) is 28.9 Å². The molecule has 5 rings (SSSR count). The number of hydrogen-bond donors (Lipinski definition) is 8. The topological polar surface area (TPSA) is 193 Å². The van der Waals surface area contributed by atoms with Gasteiger partial charge < -0.3 is 55.1 Å². The van der Waals surface area contributed by atoms with Crippen LogP contribution in [0.5, 0.6) is 51.7 Å². The number of aromatic hydroxyl groups is 8. The van der Waals surface area contributed by atoms with E-state index in [1.165, 1.54) is 30.3 Å². The van der Waals surface area contributed by atoms with E-state index in [0.717, 1.165) is 6.07 Å². The first-order chi connectivity index (χ1) is 16.1. The van der Waals surface area contributed by atoms with E-state index in [1.54, 1.807) is 0 Å². The molecule has 0 aromatic heterocycles. The second-order valence-electron chi connectivity index (χ2n) is 8.10. The molecule has 0 amide bonds. The van der Waals surface area contributed by atoms with Crippen LogP contribution >= 0.6 is 0 Å². The number of phenolic OH excluding ortho intramolecular Hbond substituents is 8. The smallest absolute Gasteiger partial charge is 0.200 e. The standard InChI is InChI=1S/C23H20O11/c24-10-5-12(25)11-7-18(33-23-22(34-23)9-3-15(28)20(31)16(29)4-9)21(32-17(11)6-10)8-1-13(26)19(30)14(27)2-8/h1-6,18,21-31H,7H2/t18-,21?,22?,23?/m1/s1. The first kappa shape index (κ1) is 21.6. The number of ether oxygens (including phenoxy) is 3. The van der Waals surface area contributed by atoms with E-state index in [-0.39, 0.29) is 29.2 Å². The van der Waals surface area contributed by atoms with Gasteiger partial charge in [-0.25, -0.2) is 0 Å². The third-order valence-electron chi connectivity index (χ3n) is 5.77. The minimum Gasteiger partial charge on any atom is -0.508 e. The highest BCUT2D eigenvalue weighted by molar-refractivity contribution is 5.55. The van der Waals surface area contributed by atoms with E-state index in [9.17, 15) is 40.9 Å². The first-order valence-electron chi connectivity index (χ1n) is 10.1. The van der Waals surface area contributed by atoms with Gasteiger partial charge in [0.15, 0.2) is 46.9 Å². The molecular formula is C23H20O11. The minimum atomic E-state index is -0.961. The van der Waals surface area contributed by atoms with Gasteiger partial charge in [0.2, 0.25) is 0 Å². The lowest BCUT2D eigenvalue weighted by Crippen LogP contribution is -2.34. The highest BCUT2D eigenvalue weighted by atomic mass is 16.8. The Kier molecular flexibility index (Phi) is 4.88. The van der Waals surface area contributed by atoms with Crippen LogP contribution in [0.2, 0.25) is 0 Å². The maximum Gasteiger partial charge on any atom is 0.200 e. The molecule has 1 fully saturated rings. The lowest BCUT2D eigenvalue weighted by atomic mass is 9.93. The lowest BCUT2D eigenvalue weighted by molar-refractivity contribution is -0.0758. The van der Waals surface area contributed by atoms with Crippen molar-refractivity contribution in [1.82, 2.24) is 0 Å². The molecule has 0 aliphatic carbocycles. The molecule has 0 radical (unpaired) electrons. The zero-order valence-corrected chi connectivity index (χ0v) is 17.3. The molecule has 34 heavy (non-hydrogen) atoms. The van der Waals surface area contributed by atoms with Gasteiger partial charge in [0.1, 0.15) is 29.5 Å². The molecule has 3 aromatic carbocycles. The van der Waals surface area contributed by atoms with Crippen molar-refractivity contribution < 1.29 is 55.1 Å². The Bertz CT molecular complexity index is 1240. The van der Waals surface area contributed by atoms with E-state index in [4.69, 9.17) is 14.2 Å². The van der Waals surface area contributed by atoms with Crippen molar-refractivity contribution in [2.45, 2.75) is 31.0 Å². The average Bonchev–Trinajstić information content (AvgIpc) is 3.54. The summed E-state index contributed by atoms with van der Waals surface area (Å²) in [5, 5.41) is 78.8. The van der Waals surface area contributed by atoms with Crippen molar-refractivity contribution in [3.05, 3.63) is 53.1 Å². The summed E-state index contributed by atoms with van der Waals surface area (Å²) in [6, 6.07) is 7.26. The molecule has 3 unspecified atom stereocenters. The largest absolute Gasteiger partial charge is 0.508 e. The summed E-state index contributed by atoms with van der Waals surface area (Å²) in [7, 11) is 0. The third kappa shape index (κ3) is 3.66. The van der Waals surface area contributed by atoms with Gasteiger partial charge in [0.05, 0.1) is 0 Å². The Morgan fingerprint density at radius 3 is 1.74 bits per heavy atom. The van der Waals surface area contributed by atoms with Gasteiger partial charge in [0, 0.05) is 29.7 Å². The van der Waals surface area contributed by atoms with E-state index < -0.39 is 59.1 Å². The monoisotopic (exact) mass is 472 g/mol.